The van der Waals surface area contributed by atoms with Crippen molar-refractivity contribution in [2.75, 3.05) is 16.9 Å². The van der Waals surface area contributed by atoms with Gasteiger partial charge in [0.05, 0.1) is 11.4 Å². The summed E-state index contributed by atoms with van der Waals surface area (Å²) in [4.78, 5) is 37.8. The molecule has 0 bridgehead atoms. The Bertz CT molecular complexity index is 988. The molecule has 0 saturated heterocycles. The molecule has 0 unspecified atom stereocenters. The van der Waals surface area contributed by atoms with Gasteiger partial charge in [0.2, 0.25) is 0 Å². The molecule has 0 spiro atoms. The molecule has 1 aliphatic rings. The standard InChI is InChI=1S/C20H21F2N3O3S/c1-3-29-10-23-20(28)18(26)16-11(2)17(25-8-4-5-15(16)25)19(27)24-12-6-7-13(21)14(22)9-12/h6-7,9H,3-5,8,10H2,1-2H3,(H,23,28)(H,24,27). The molecule has 3 rings (SSSR count). The number of benzene rings is 1. The highest BCUT2D eigenvalue weighted by Gasteiger charge is 2.33. The predicted octanol–water partition coefficient (Wildman–Crippen LogP) is 3.28. The SMILES string of the molecule is CCSCNC(=O)C(=O)c1c(C)c(C(=O)Nc2ccc(F)c(F)c2)n2c1CCC2. The van der Waals surface area contributed by atoms with Crippen LogP contribution in [0.3, 0.4) is 0 Å². The van der Waals surface area contributed by atoms with Crippen LogP contribution in [0, 0.1) is 18.6 Å². The van der Waals surface area contributed by atoms with Gasteiger partial charge in [0.25, 0.3) is 17.6 Å². The predicted molar refractivity (Wildman–Crippen MR) is 107 cm³/mol. The van der Waals surface area contributed by atoms with E-state index in [1.165, 1.54) is 17.8 Å². The van der Waals surface area contributed by atoms with Crippen molar-refractivity contribution in [2.24, 2.45) is 0 Å². The van der Waals surface area contributed by atoms with E-state index >= 15 is 0 Å². The van der Waals surface area contributed by atoms with Crippen LogP contribution in [0.15, 0.2) is 18.2 Å². The van der Waals surface area contributed by atoms with Crippen LogP contribution in [0.5, 0.6) is 0 Å². The molecule has 1 aromatic heterocycles. The molecule has 9 heteroatoms. The Kier molecular flexibility index (Phi) is 6.36. The Morgan fingerprint density at radius 3 is 2.66 bits per heavy atom. The molecule has 1 aromatic carbocycles. The number of rotatable bonds is 7. The van der Waals surface area contributed by atoms with Crippen molar-refractivity contribution in [1.29, 1.82) is 0 Å². The van der Waals surface area contributed by atoms with E-state index in [9.17, 15) is 23.2 Å². The molecule has 0 aliphatic carbocycles. The maximum absolute atomic E-state index is 13.4. The number of anilines is 1. The van der Waals surface area contributed by atoms with Crippen LogP contribution in [0.1, 0.15) is 45.4 Å². The molecular weight excluding hydrogens is 400 g/mol. The first-order chi connectivity index (χ1) is 13.8. The fourth-order valence-electron chi connectivity index (χ4n) is 3.49. The number of Topliss-reactive ketones (excluding diaryl/α,β-unsaturated/α-hetero) is 1. The first kappa shape index (κ1) is 21.0. The summed E-state index contributed by atoms with van der Waals surface area (Å²) >= 11 is 1.48. The minimum atomic E-state index is -1.07. The van der Waals surface area contributed by atoms with Crippen LogP contribution in [-0.4, -0.2) is 33.8 Å². The van der Waals surface area contributed by atoms with Crippen LogP contribution < -0.4 is 10.6 Å². The second-order valence-corrected chi connectivity index (χ2v) is 7.88. The van der Waals surface area contributed by atoms with Crippen molar-refractivity contribution < 1.29 is 23.2 Å². The molecule has 0 saturated carbocycles. The van der Waals surface area contributed by atoms with E-state index in [1.807, 2.05) is 6.92 Å². The summed E-state index contributed by atoms with van der Waals surface area (Å²) in [6.07, 6.45) is 1.33. The third-order valence-corrected chi connectivity index (χ3v) is 5.53. The fraction of sp³-hybridized carbons (Fsp3) is 0.350. The molecule has 29 heavy (non-hydrogen) atoms. The zero-order chi connectivity index (χ0) is 21.1. The minimum absolute atomic E-state index is 0.101. The Labute approximate surface area is 171 Å². The summed E-state index contributed by atoms with van der Waals surface area (Å²) in [5.74, 6) is -2.86. The van der Waals surface area contributed by atoms with Gasteiger partial charge in [-0.3, -0.25) is 14.4 Å². The minimum Gasteiger partial charge on any atom is -0.340 e. The van der Waals surface area contributed by atoms with Gasteiger partial charge in [-0.1, -0.05) is 6.92 Å². The molecule has 2 aromatic rings. The third kappa shape index (κ3) is 4.19. The van der Waals surface area contributed by atoms with Gasteiger partial charge >= 0.3 is 0 Å². The number of carbonyl (C=O) groups is 3. The molecular formula is C20H21F2N3O3S. The van der Waals surface area contributed by atoms with Crippen molar-refractivity contribution in [2.45, 2.75) is 33.2 Å². The van der Waals surface area contributed by atoms with Crippen LogP contribution >= 0.6 is 11.8 Å². The van der Waals surface area contributed by atoms with Gasteiger partial charge in [0, 0.05) is 24.0 Å². The van der Waals surface area contributed by atoms with E-state index in [4.69, 9.17) is 0 Å². The van der Waals surface area contributed by atoms with E-state index < -0.39 is 29.2 Å². The number of amides is 2. The highest BCUT2D eigenvalue weighted by Crippen LogP contribution is 2.30. The largest absolute Gasteiger partial charge is 0.340 e. The lowest BCUT2D eigenvalue weighted by atomic mass is 10.0. The van der Waals surface area contributed by atoms with Crippen molar-refractivity contribution >= 4 is 35.0 Å². The number of carbonyl (C=O) groups excluding carboxylic acids is 3. The van der Waals surface area contributed by atoms with Gasteiger partial charge in [0.15, 0.2) is 11.6 Å². The van der Waals surface area contributed by atoms with Gasteiger partial charge in [-0.05, 0) is 43.2 Å². The quantitative estimate of drug-likeness (QED) is 0.311. The molecule has 0 atom stereocenters. The Morgan fingerprint density at radius 1 is 1.21 bits per heavy atom. The number of fused-ring (bicyclic) bond motifs is 1. The number of nitrogens with zero attached hydrogens (tertiary/aromatic N) is 1. The Balaban J connectivity index is 1.89. The average Bonchev–Trinajstić information content (AvgIpc) is 3.23. The summed E-state index contributed by atoms with van der Waals surface area (Å²) < 4.78 is 28.3. The lowest BCUT2D eigenvalue weighted by Gasteiger charge is -2.09. The highest BCUT2D eigenvalue weighted by atomic mass is 32.2. The number of hydrogen-bond acceptors (Lipinski definition) is 4. The van der Waals surface area contributed by atoms with Crippen molar-refractivity contribution in [3.05, 3.63) is 52.3 Å². The van der Waals surface area contributed by atoms with Gasteiger partial charge in [-0.2, -0.15) is 0 Å². The van der Waals surface area contributed by atoms with Crippen LogP contribution in [0.4, 0.5) is 14.5 Å². The molecule has 2 amide bonds. The number of aromatic nitrogens is 1. The van der Waals surface area contributed by atoms with Gasteiger partial charge in [0.1, 0.15) is 5.69 Å². The number of thioether (sulfide) groups is 1. The summed E-state index contributed by atoms with van der Waals surface area (Å²) in [6.45, 7) is 4.10. The molecule has 154 valence electrons. The zero-order valence-electron chi connectivity index (χ0n) is 16.1. The first-order valence-corrected chi connectivity index (χ1v) is 10.4. The van der Waals surface area contributed by atoms with E-state index in [0.717, 1.165) is 24.3 Å². The summed E-state index contributed by atoms with van der Waals surface area (Å²) in [6, 6.07) is 3.07. The number of ketones is 1. The van der Waals surface area contributed by atoms with E-state index in [1.54, 1.807) is 11.5 Å². The maximum atomic E-state index is 13.4. The van der Waals surface area contributed by atoms with E-state index in [2.05, 4.69) is 10.6 Å². The molecule has 2 heterocycles. The highest BCUT2D eigenvalue weighted by molar-refractivity contribution is 7.99. The van der Waals surface area contributed by atoms with Gasteiger partial charge in [-0.25, -0.2) is 8.78 Å². The second kappa shape index (κ2) is 8.77. The third-order valence-electron chi connectivity index (χ3n) is 4.77. The van der Waals surface area contributed by atoms with E-state index in [-0.39, 0.29) is 16.9 Å². The van der Waals surface area contributed by atoms with Gasteiger partial charge in [-0.15, -0.1) is 11.8 Å². The Morgan fingerprint density at radius 2 is 1.97 bits per heavy atom. The van der Waals surface area contributed by atoms with Gasteiger partial charge < -0.3 is 15.2 Å². The van der Waals surface area contributed by atoms with Crippen molar-refractivity contribution in [3.63, 3.8) is 0 Å². The smallest absolute Gasteiger partial charge is 0.293 e. The average molecular weight is 421 g/mol. The molecule has 1 aliphatic heterocycles. The molecule has 0 radical (unpaired) electrons. The molecule has 6 nitrogen and oxygen atoms in total. The lowest BCUT2D eigenvalue weighted by molar-refractivity contribution is -0.116. The number of nitrogens with one attached hydrogen (secondary N) is 2. The summed E-state index contributed by atoms with van der Waals surface area (Å²) in [5.41, 5.74) is 1.66. The maximum Gasteiger partial charge on any atom is 0.293 e. The summed E-state index contributed by atoms with van der Waals surface area (Å²) in [5, 5.41) is 5.12. The Hall–Kier alpha value is -2.68. The topological polar surface area (TPSA) is 80.2 Å². The van der Waals surface area contributed by atoms with Crippen LogP contribution in [0.25, 0.3) is 0 Å². The van der Waals surface area contributed by atoms with E-state index in [0.29, 0.717) is 30.1 Å². The fourth-order valence-corrected chi connectivity index (χ4v) is 3.93. The molecule has 2 N–H and O–H groups in total. The van der Waals surface area contributed by atoms with Crippen molar-refractivity contribution in [3.8, 4) is 0 Å². The molecule has 0 fully saturated rings. The lowest BCUT2D eigenvalue weighted by Crippen LogP contribution is -2.31. The number of hydrogen-bond donors (Lipinski definition) is 2. The van der Waals surface area contributed by atoms with Crippen LogP contribution in [-0.2, 0) is 17.8 Å². The van der Waals surface area contributed by atoms with Crippen LogP contribution in [0.2, 0.25) is 0 Å². The zero-order valence-corrected chi connectivity index (χ0v) is 16.9. The number of halogens is 2. The monoisotopic (exact) mass is 421 g/mol. The first-order valence-electron chi connectivity index (χ1n) is 9.23. The normalized spacial score (nSPS) is 12.6. The summed E-state index contributed by atoms with van der Waals surface area (Å²) in [7, 11) is 0. The second-order valence-electron chi connectivity index (χ2n) is 6.61. The van der Waals surface area contributed by atoms with Crippen molar-refractivity contribution in [1.82, 2.24) is 9.88 Å².